The van der Waals surface area contributed by atoms with Crippen molar-refractivity contribution in [1.82, 2.24) is 10.1 Å². The summed E-state index contributed by atoms with van der Waals surface area (Å²) in [6.45, 7) is 1.70. The number of nitrogens with zero attached hydrogens (tertiary/aromatic N) is 3. The van der Waals surface area contributed by atoms with E-state index >= 15 is 0 Å². The lowest BCUT2D eigenvalue weighted by atomic mass is 10.2. The van der Waals surface area contributed by atoms with Crippen LogP contribution in [0.1, 0.15) is 11.5 Å². The van der Waals surface area contributed by atoms with Crippen molar-refractivity contribution in [3.63, 3.8) is 0 Å². The molecule has 1 atom stereocenters. The molecule has 1 unspecified atom stereocenters. The van der Waals surface area contributed by atoms with Crippen molar-refractivity contribution >= 4 is 15.4 Å². The van der Waals surface area contributed by atoms with Crippen LogP contribution in [0.4, 0.5) is 14.5 Å². The average molecular weight is 363 g/mol. The lowest BCUT2D eigenvalue weighted by Gasteiger charge is -2.06. The van der Waals surface area contributed by atoms with Gasteiger partial charge >= 0.3 is 0 Å². The summed E-state index contributed by atoms with van der Waals surface area (Å²) in [4.78, 5) is 4.12. The molecule has 0 saturated carbocycles. The molecule has 0 bridgehead atoms. The Labute approximate surface area is 143 Å². The summed E-state index contributed by atoms with van der Waals surface area (Å²) in [6, 6.07) is 10.00. The van der Waals surface area contributed by atoms with Gasteiger partial charge in [0.05, 0.1) is 21.2 Å². The van der Waals surface area contributed by atoms with E-state index in [1.54, 1.807) is 31.2 Å². The number of halogens is 2. The molecule has 0 amide bonds. The molecule has 8 heteroatoms. The SMILES string of the molecule is Cc1nc(-c2ccc(N=S(C)(=O)Cc3ccc(F)cc3F)cc2)no1. The van der Waals surface area contributed by atoms with E-state index in [-0.39, 0.29) is 11.3 Å². The van der Waals surface area contributed by atoms with E-state index < -0.39 is 21.4 Å². The Hall–Kier alpha value is -2.61. The first-order chi connectivity index (χ1) is 11.8. The normalized spacial score (nSPS) is 13.4. The Morgan fingerprint density at radius 2 is 1.88 bits per heavy atom. The van der Waals surface area contributed by atoms with Crippen LogP contribution >= 0.6 is 0 Å². The first-order valence-corrected chi connectivity index (χ1v) is 9.46. The number of benzene rings is 2. The van der Waals surface area contributed by atoms with E-state index in [0.717, 1.165) is 17.7 Å². The van der Waals surface area contributed by atoms with Gasteiger partial charge in [0.25, 0.3) is 0 Å². The molecule has 2 aromatic carbocycles. The molecule has 0 aliphatic heterocycles. The molecule has 3 rings (SSSR count). The standard InChI is InChI=1S/C17H15F2N3O2S/c1-11-20-17(21-24-11)12-4-7-15(8-5-12)22-25(2,23)10-13-3-6-14(18)9-16(13)19/h3-9H,10H2,1-2H3. The van der Waals surface area contributed by atoms with Crippen LogP contribution in [-0.4, -0.2) is 20.6 Å². The van der Waals surface area contributed by atoms with Crippen LogP contribution in [0, 0.1) is 18.6 Å². The fourth-order valence-electron chi connectivity index (χ4n) is 2.27. The molecular weight excluding hydrogens is 348 g/mol. The van der Waals surface area contributed by atoms with E-state index in [4.69, 9.17) is 4.52 Å². The first-order valence-electron chi connectivity index (χ1n) is 7.37. The van der Waals surface area contributed by atoms with Crippen LogP contribution in [0.5, 0.6) is 0 Å². The second kappa shape index (κ2) is 6.72. The van der Waals surface area contributed by atoms with Crippen molar-refractivity contribution in [1.29, 1.82) is 0 Å². The second-order valence-corrected chi connectivity index (χ2v) is 8.00. The summed E-state index contributed by atoms with van der Waals surface area (Å²) >= 11 is 0. The Bertz CT molecular complexity index is 1020. The average Bonchev–Trinajstić information content (AvgIpc) is 2.97. The van der Waals surface area contributed by atoms with Gasteiger partial charge in [0.1, 0.15) is 11.6 Å². The van der Waals surface area contributed by atoms with Gasteiger partial charge in [-0.2, -0.15) is 9.35 Å². The van der Waals surface area contributed by atoms with Crippen molar-refractivity contribution in [2.45, 2.75) is 12.7 Å². The predicted octanol–water partition coefficient (Wildman–Crippen LogP) is 4.25. The zero-order valence-corrected chi connectivity index (χ0v) is 14.4. The molecule has 0 spiro atoms. The third-order valence-corrected chi connectivity index (χ3v) is 4.83. The molecule has 1 heterocycles. The second-order valence-electron chi connectivity index (χ2n) is 5.61. The summed E-state index contributed by atoms with van der Waals surface area (Å²) in [5.74, 6) is -0.595. The lowest BCUT2D eigenvalue weighted by molar-refractivity contribution is 0.394. The van der Waals surface area contributed by atoms with Crippen molar-refractivity contribution < 1.29 is 17.5 Å². The smallest absolute Gasteiger partial charge is 0.223 e. The van der Waals surface area contributed by atoms with Gasteiger partial charge in [-0.3, -0.25) is 0 Å². The van der Waals surface area contributed by atoms with Crippen LogP contribution in [0.2, 0.25) is 0 Å². The summed E-state index contributed by atoms with van der Waals surface area (Å²) in [5.41, 5.74) is 1.39. The van der Waals surface area contributed by atoms with E-state index in [1.165, 1.54) is 12.3 Å². The number of rotatable bonds is 4. The molecule has 0 aliphatic rings. The first kappa shape index (κ1) is 17.2. The van der Waals surface area contributed by atoms with Gasteiger partial charge in [-0.05, 0) is 30.3 Å². The highest BCUT2D eigenvalue weighted by atomic mass is 32.2. The zero-order chi connectivity index (χ0) is 18.0. The lowest BCUT2D eigenvalue weighted by Crippen LogP contribution is -2.03. The van der Waals surface area contributed by atoms with Crippen LogP contribution in [-0.2, 0) is 15.5 Å². The third-order valence-electron chi connectivity index (χ3n) is 3.39. The van der Waals surface area contributed by atoms with Crippen molar-refractivity contribution in [2.75, 3.05) is 6.26 Å². The minimum atomic E-state index is -2.73. The largest absolute Gasteiger partial charge is 0.339 e. The molecule has 1 aromatic heterocycles. The van der Waals surface area contributed by atoms with Crippen molar-refractivity contribution in [2.24, 2.45) is 4.36 Å². The monoisotopic (exact) mass is 363 g/mol. The maximum Gasteiger partial charge on any atom is 0.223 e. The number of hydrogen-bond acceptors (Lipinski definition) is 5. The molecule has 0 aliphatic carbocycles. The highest BCUT2D eigenvalue weighted by Gasteiger charge is 2.11. The summed E-state index contributed by atoms with van der Waals surface area (Å²) in [7, 11) is -2.73. The van der Waals surface area contributed by atoms with Gasteiger partial charge < -0.3 is 4.52 Å². The number of aromatic nitrogens is 2. The van der Waals surface area contributed by atoms with Gasteiger partial charge in [-0.25, -0.2) is 13.0 Å². The molecule has 0 fully saturated rings. The van der Waals surface area contributed by atoms with Crippen LogP contribution in [0.3, 0.4) is 0 Å². The van der Waals surface area contributed by atoms with E-state index in [0.29, 0.717) is 17.4 Å². The number of hydrogen-bond donors (Lipinski definition) is 0. The van der Waals surface area contributed by atoms with Crippen molar-refractivity contribution in [3.8, 4) is 11.4 Å². The van der Waals surface area contributed by atoms with E-state index in [1.807, 2.05) is 0 Å². The van der Waals surface area contributed by atoms with Crippen LogP contribution in [0.25, 0.3) is 11.4 Å². The Balaban J connectivity index is 1.84. The fraction of sp³-hybridized carbons (Fsp3) is 0.176. The molecule has 5 nitrogen and oxygen atoms in total. The minimum absolute atomic E-state index is 0.106. The molecule has 0 N–H and O–H groups in total. The topological polar surface area (TPSA) is 68.3 Å². The third kappa shape index (κ3) is 4.27. The van der Waals surface area contributed by atoms with E-state index in [9.17, 15) is 13.0 Å². The van der Waals surface area contributed by atoms with Gasteiger partial charge in [0.2, 0.25) is 11.7 Å². The molecular formula is C17H15F2N3O2S. The highest BCUT2D eigenvalue weighted by molar-refractivity contribution is 7.92. The molecule has 130 valence electrons. The maximum absolute atomic E-state index is 13.7. The fourth-order valence-corrected chi connectivity index (χ4v) is 3.71. The molecule has 0 radical (unpaired) electrons. The van der Waals surface area contributed by atoms with Gasteiger partial charge in [-0.15, -0.1) is 0 Å². The molecule has 25 heavy (non-hydrogen) atoms. The van der Waals surface area contributed by atoms with E-state index in [2.05, 4.69) is 14.5 Å². The zero-order valence-electron chi connectivity index (χ0n) is 13.6. The molecule has 3 aromatic rings. The van der Waals surface area contributed by atoms with Gasteiger partial charge in [-0.1, -0.05) is 11.2 Å². The van der Waals surface area contributed by atoms with Crippen LogP contribution in [0.15, 0.2) is 51.4 Å². The van der Waals surface area contributed by atoms with Gasteiger partial charge in [0.15, 0.2) is 0 Å². The Kier molecular flexibility index (Phi) is 4.63. The Morgan fingerprint density at radius 3 is 2.48 bits per heavy atom. The number of aryl methyl sites for hydroxylation is 1. The Morgan fingerprint density at radius 1 is 1.16 bits per heavy atom. The minimum Gasteiger partial charge on any atom is -0.339 e. The van der Waals surface area contributed by atoms with Gasteiger partial charge in [0, 0.05) is 30.4 Å². The maximum atomic E-state index is 13.7. The quantitative estimate of drug-likeness (QED) is 0.695. The van der Waals surface area contributed by atoms with Crippen LogP contribution < -0.4 is 0 Å². The summed E-state index contributed by atoms with van der Waals surface area (Å²) in [6.07, 6.45) is 1.44. The summed E-state index contributed by atoms with van der Waals surface area (Å²) in [5, 5.41) is 3.82. The van der Waals surface area contributed by atoms with Crippen molar-refractivity contribution in [3.05, 3.63) is 65.6 Å². The summed E-state index contributed by atoms with van der Waals surface area (Å²) < 4.78 is 48.5. The molecule has 0 saturated heterocycles. The predicted molar refractivity (Wildman–Crippen MR) is 90.7 cm³/mol. The highest BCUT2D eigenvalue weighted by Crippen LogP contribution is 2.22.